The maximum atomic E-state index is 6.37. The lowest BCUT2D eigenvalue weighted by atomic mass is 9.76. The Balaban J connectivity index is 1.85. The van der Waals surface area contributed by atoms with Crippen LogP contribution < -0.4 is 5.73 Å². The molecule has 0 aromatic rings. The normalized spacial score (nSPS) is 41.4. The number of hydrogen-bond acceptors (Lipinski definition) is 3. The summed E-state index contributed by atoms with van der Waals surface area (Å²) in [5.74, 6) is 1.62. The van der Waals surface area contributed by atoms with Gasteiger partial charge in [-0.2, -0.15) is 0 Å². The summed E-state index contributed by atoms with van der Waals surface area (Å²) in [5, 5.41) is 0. The molecule has 0 spiro atoms. The number of nitrogens with two attached hydrogens (primary N) is 1. The topological polar surface area (TPSA) is 38.5 Å². The molecule has 112 valence electrons. The van der Waals surface area contributed by atoms with E-state index in [1.165, 1.54) is 38.6 Å². The molecule has 5 atom stereocenters. The van der Waals surface area contributed by atoms with Crippen molar-refractivity contribution >= 4 is 0 Å². The lowest BCUT2D eigenvalue weighted by Crippen LogP contribution is -2.50. The SMILES string of the molecule is CCCC1CCC(N)C(CN2C[C@@H](C)O[C@@H](C)C2)C1. The Kier molecular flexibility index (Phi) is 5.67. The first-order chi connectivity index (χ1) is 9.08. The van der Waals surface area contributed by atoms with E-state index in [1.807, 2.05) is 0 Å². The van der Waals surface area contributed by atoms with Crippen LogP contribution in [0.3, 0.4) is 0 Å². The Labute approximate surface area is 118 Å². The molecule has 1 aliphatic heterocycles. The summed E-state index contributed by atoms with van der Waals surface area (Å²) in [6.45, 7) is 10.00. The highest BCUT2D eigenvalue weighted by Gasteiger charge is 2.31. The van der Waals surface area contributed by atoms with Crippen LogP contribution in [-0.2, 0) is 4.74 Å². The van der Waals surface area contributed by atoms with Gasteiger partial charge in [-0.05, 0) is 44.9 Å². The van der Waals surface area contributed by atoms with Crippen molar-refractivity contribution in [2.24, 2.45) is 17.6 Å². The maximum Gasteiger partial charge on any atom is 0.0678 e. The van der Waals surface area contributed by atoms with E-state index in [0.29, 0.717) is 24.2 Å². The van der Waals surface area contributed by atoms with Gasteiger partial charge in [0.15, 0.2) is 0 Å². The minimum Gasteiger partial charge on any atom is -0.373 e. The highest BCUT2D eigenvalue weighted by atomic mass is 16.5. The standard InChI is InChI=1S/C16H32N2O/c1-4-5-14-6-7-16(17)15(8-14)11-18-9-12(2)19-13(3)10-18/h12-16H,4-11,17H2,1-3H3/t12-,13+,14?,15?,16?. The molecule has 2 fully saturated rings. The van der Waals surface area contributed by atoms with E-state index in [0.717, 1.165) is 19.0 Å². The number of nitrogens with zero attached hydrogens (tertiary/aromatic N) is 1. The summed E-state index contributed by atoms with van der Waals surface area (Å²) in [4.78, 5) is 2.58. The fraction of sp³-hybridized carbons (Fsp3) is 1.00. The predicted molar refractivity (Wildman–Crippen MR) is 80.2 cm³/mol. The van der Waals surface area contributed by atoms with Crippen LogP contribution in [-0.4, -0.2) is 42.8 Å². The Morgan fingerprint density at radius 3 is 2.47 bits per heavy atom. The van der Waals surface area contributed by atoms with Crippen molar-refractivity contribution in [1.82, 2.24) is 4.90 Å². The molecule has 1 saturated heterocycles. The number of rotatable bonds is 4. The van der Waals surface area contributed by atoms with Gasteiger partial charge in [-0.3, -0.25) is 4.90 Å². The van der Waals surface area contributed by atoms with Crippen LogP contribution in [0.5, 0.6) is 0 Å². The molecule has 0 amide bonds. The van der Waals surface area contributed by atoms with Crippen LogP contribution >= 0.6 is 0 Å². The summed E-state index contributed by atoms with van der Waals surface area (Å²) < 4.78 is 5.82. The van der Waals surface area contributed by atoms with Crippen molar-refractivity contribution in [1.29, 1.82) is 0 Å². The molecule has 1 heterocycles. The van der Waals surface area contributed by atoms with Crippen molar-refractivity contribution in [3.63, 3.8) is 0 Å². The Bertz CT molecular complexity index is 261. The smallest absolute Gasteiger partial charge is 0.0678 e. The molecule has 1 aliphatic carbocycles. The third kappa shape index (κ3) is 4.44. The van der Waals surface area contributed by atoms with E-state index in [-0.39, 0.29) is 0 Å². The summed E-state index contributed by atoms with van der Waals surface area (Å²) >= 11 is 0. The van der Waals surface area contributed by atoms with Crippen LogP contribution in [0.25, 0.3) is 0 Å². The molecular formula is C16H32N2O. The Morgan fingerprint density at radius 2 is 1.84 bits per heavy atom. The number of morpholine rings is 1. The molecule has 0 bridgehead atoms. The first-order valence-corrected chi connectivity index (χ1v) is 8.21. The van der Waals surface area contributed by atoms with Crippen LogP contribution in [0.4, 0.5) is 0 Å². The second-order valence-corrected chi connectivity index (χ2v) is 6.87. The number of hydrogen-bond donors (Lipinski definition) is 1. The molecule has 2 aliphatic rings. The highest BCUT2D eigenvalue weighted by molar-refractivity contribution is 4.86. The minimum absolute atomic E-state index is 0.370. The average molecular weight is 268 g/mol. The lowest BCUT2D eigenvalue weighted by Gasteiger charge is -2.41. The van der Waals surface area contributed by atoms with E-state index in [2.05, 4.69) is 25.7 Å². The molecule has 1 saturated carbocycles. The first kappa shape index (κ1) is 15.3. The third-order valence-electron chi connectivity index (χ3n) is 4.83. The molecule has 0 aromatic heterocycles. The van der Waals surface area contributed by atoms with Crippen molar-refractivity contribution < 1.29 is 4.74 Å². The van der Waals surface area contributed by atoms with Gasteiger partial charge in [-0.15, -0.1) is 0 Å². The van der Waals surface area contributed by atoms with Gasteiger partial charge in [0.25, 0.3) is 0 Å². The van der Waals surface area contributed by atoms with Crippen molar-refractivity contribution in [3.05, 3.63) is 0 Å². The van der Waals surface area contributed by atoms with Crippen LogP contribution in [0.15, 0.2) is 0 Å². The van der Waals surface area contributed by atoms with E-state index in [9.17, 15) is 0 Å². The van der Waals surface area contributed by atoms with Gasteiger partial charge in [-0.1, -0.05) is 19.8 Å². The van der Waals surface area contributed by atoms with Crippen LogP contribution in [0.1, 0.15) is 52.9 Å². The molecule has 0 radical (unpaired) electrons. The monoisotopic (exact) mass is 268 g/mol. The van der Waals surface area contributed by atoms with E-state index >= 15 is 0 Å². The highest BCUT2D eigenvalue weighted by Crippen LogP contribution is 2.32. The second-order valence-electron chi connectivity index (χ2n) is 6.87. The Hall–Kier alpha value is -0.120. The summed E-state index contributed by atoms with van der Waals surface area (Å²) in [7, 11) is 0. The summed E-state index contributed by atoms with van der Waals surface area (Å²) in [5.41, 5.74) is 6.37. The molecular weight excluding hydrogens is 236 g/mol. The van der Waals surface area contributed by atoms with Gasteiger partial charge < -0.3 is 10.5 Å². The van der Waals surface area contributed by atoms with Crippen LogP contribution in [0.2, 0.25) is 0 Å². The van der Waals surface area contributed by atoms with Crippen molar-refractivity contribution in [3.8, 4) is 0 Å². The predicted octanol–water partition coefficient (Wildman–Crippen LogP) is 2.64. The summed E-state index contributed by atoms with van der Waals surface area (Å²) in [6, 6.07) is 0.418. The maximum absolute atomic E-state index is 6.37. The molecule has 19 heavy (non-hydrogen) atoms. The molecule has 0 aromatic carbocycles. The van der Waals surface area contributed by atoms with Gasteiger partial charge >= 0.3 is 0 Å². The lowest BCUT2D eigenvalue weighted by molar-refractivity contribution is -0.0738. The zero-order valence-electron chi connectivity index (χ0n) is 13.0. The van der Waals surface area contributed by atoms with E-state index in [1.54, 1.807) is 0 Å². The van der Waals surface area contributed by atoms with Gasteiger partial charge in [0.05, 0.1) is 12.2 Å². The molecule has 3 heteroatoms. The number of ether oxygens (including phenoxy) is 1. The summed E-state index contributed by atoms with van der Waals surface area (Å²) in [6.07, 6.45) is 7.36. The average Bonchev–Trinajstić information content (AvgIpc) is 2.32. The molecule has 2 N–H and O–H groups in total. The van der Waals surface area contributed by atoms with Crippen LogP contribution in [0, 0.1) is 11.8 Å². The van der Waals surface area contributed by atoms with Gasteiger partial charge in [0.2, 0.25) is 0 Å². The van der Waals surface area contributed by atoms with Crippen molar-refractivity contribution in [2.75, 3.05) is 19.6 Å². The fourth-order valence-corrected chi connectivity index (χ4v) is 4.03. The van der Waals surface area contributed by atoms with Gasteiger partial charge in [-0.25, -0.2) is 0 Å². The molecule has 2 rings (SSSR count). The molecule has 3 unspecified atom stereocenters. The van der Waals surface area contributed by atoms with Gasteiger partial charge in [0, 0.05) is 25.7 Å². The Morgan fingerprint density at radius 1 is 1.16 bits per heavy atom. The first-order valence-electron chi connectivity index (χ1n) is 8.21. The quantitative estimate of drug-likeness (QED) is 0.852. The fourth-order valence-electron chi connectivity index (χ4n) is 4.03. The van der Waals surface area contributed by atoms with Gasteiger partial charge in [0.1, 0.15) is 0 Å². The van der Waals surface area contributed by atoms with Crippen molar-refractivity contribution in [2.45, 2.75) is 71.1 Å². The largest absolute Gasteiger partial charge is 0.373 e. The molecule has 3 nitrogen and oxygen atoms in total. The zero-order valence-corrected chi connectivity index (χ0v) is 13.0. The van der Waals surface area contributed by atoms with E-state index < -0.39 is 0 Å². The van der Waals surface area contributed by atoms with E-state index in [4.69, 9.17) is 10.5 Å². The third-order valence-corrected chi connectivity index (χ3v) is 4.83. The second kappa shape index (κ2) is 7.05. The zero-order chi connectivity index (χ0) is 13.8. The minimum atomic E-state index is 0.370.